The summed E-state index contributed by atoms with van der Waals surface area (Å²) in [6, 6.07) is 10.1. The zero-order chi connectivity index (χ0) is 26.4. The Kier molecular flexibility index (Phi) is 8.58. The van der Waals surface area contributed by atoms with Gasteiger partial charge in [-0.1, -0.05) is 11.6 Å². The maximum atomic E-state index is 8.08. The lowest BCUT2D eigenvalue weighted by molar-refractivity contribution is -0.127. The predicted octanol–water partition coefficient (Wildman–Crippen LogP) is 5.34. The van der Waals surface area contributed by atoms with Crippen LogP contribution in [-0.2, 0) is 6.42 Å². The van der Waals surface area contributed by atoms with E-state index in [0.29, 0.717) is 22.9 Å². The van der Waals surface area contributed by atoms with E-state index in [0.717, 1.165) is 35.4 Å². The number of benzene rings is 1. The highest BCUT2D eigenvalue weighted by atomic mass is 35.5. The summed E-state index contributed by atoms with van der Waals surface area (Å²) in [6.45, 7) is 2.60. The van der Waals surface area contributed by atoms with Crippen molar-refractivity contribution in [2.45, 2.75) is 57.8 Å². The number of aliphatic hydroxyl groups is 2. The van der Waals surface area contributed by atoms with Crippen LogP contribution in [0.5, 0.6) is 0 Å². The normalized spacial score (nSPS) is 17.4. The van der Waals surface area contributed by atoms with Crippen LogP contribution in [0.3, 0.4) is 0 Å². The highest BCUT2D eigenvalue weighted by molar-refractivity contribution is 6.30. The zero-order valence-electron chi connectivity index (χ0n) is 21.4. The number of hydrogen-bond acceptors (Lipinski definition) is 8. The largest absolute Gasteiger partial charge is 0.372 e. The van der Waals surface area contributed by atoms with Crippen LogP contribution in [0, 0.1) is 5.92 Å². The van der Waals surface area contributed by atoms with Crippen LogP contribution in [0.1, 0.15) is 51.1 Å². The number of aryl methyl sites for hydroxylation is 1. The Balaban J connectivity index is 0.000000586. The highest BCUT2D eigenvalue weighted by Crippen LogP contribution is 2.39. The lowest BCUT2D eigenvalue weighted by Gasteiger charge is -2.14. The van der Waals surface area contributed by atoms with Gasteiger partial charge in [0.15, 0.2) is 5.79 Å². The zero-order valence-corrected chi connectivity index (χ0v) is 22.2. The molecule has 0 saturated heterocycles. The third-order valence-electron chi connectivity index (χ3n) is 6.30. The van der Waals surface area contributed by atoms with Crippen LogP contribution >= 0.6 is 11.6 Å². The first-order valence-electron chi connectivity index (χ1n) is 12.5. The summed E-state index contributed by atoms with van der Waals surface area (Å²) < 4.78 is 2.33. The first-order chi connectivity index (χ1) is 17.7. The standard InChI is InChI=1S/C24H26ClN7.C3H8O2/c1-26-22-21-10-11-32(23(21)30-15-29-22)20-9-4-16(12-20)2-3-17-13-27-24(28-14-17)31-19-7-5-18(25)6-8-19;1-3(2,4)5/h5-8,10-11,13-16,20H,2-4,9,12H2,1H3,(H,26,29,30)(H,27,28,31);4-5H,1-2H3. The lowest BCUT2D eigenvalue weighted by atomic mass is 9.99. The third-order valence-corrected chi connectivity index (χ3v) is 6.55. The van der Waals surface area contributed by atoms with Gasteiger partial charge in [-0.2, -0.15) is 0 Å². The van der Waals surface area contributed by atoms with E-state index in [1.165, 1.54) is 38.7 Å². The highest BCUT2D eigenvalue weighted by Gasteiger charge is 2.27. The van der Waals surface area contributed by atoms with Gasteiger partial charge in [0.2, 0.25) is 5.95 Å². The van der Waals surface area contributed by atoms with Crippen molar-refractivity contribution in [3.05, 3.63) is 65.8 Å². The molecule has 1 saturated carbocycles. The fourth-order valence-corrected chi connectivity index (χ4v) is 4.74. The number of hydrogen-bond donors (Lipinski definition) is 4. The second-order valence-corrected chi connectivity index (χ2v) is 10.3. The van der Waals surface area contributed by atoms with Crippen LogP contribution in [0.15, 0.2) is 55.2 Å². The molecule has 4 N–H and O–H groups in total. The molecule has 3 heterocycles. The lowest BCUT2D eigenvalue weighted by Crippen LogP contribution is -2.15. The quantitative estimate of drug-likeness (QED) is 0.239. The van der Waals surface area contributed by atoms with Gasteiger partial charge in [0.05, 0.1) is 5.39 Å². The summed E-state index contributed by atoms with van der Waals surface area (Å²) >= 11 is 5.93. The number of nitrogens with one attached hydrogen (secondary N) is 2. The second-order valence-electron chi connectivity index (χ2n) is 9.85. The van der Waals surface area contributed by atoms with E-state index in [1.807, 2.05) is 43.7 Å². The van der Waals surface area contributed by atoms with Crippen molar-refractivity contribution < 1.29 is 10.2 Å². The monoisotopic (exact) mass is 523 g/mol. The minimum Gasteiger partial charge on any atom is -0.372 e. The maximum Gasteiger partial charge on any atom is 0.227 e. The van der Waals surface area contributed by atoms with E-state index in [4.69, 9.17) is 21.8 Å². The Morgan fingerprint density at radius 3 is 2.41 bits per heavy atom. The molecule has 1 aromatic carbocycles. The molecule has 0 amide bonds. The van der Waals surface area contributed by atoms with Crippen LogP contribution in [-0.4, -0.2) is 47.6 Å². The average molecular weight is 524 g/mol. The van der Waals surface area contributed by atoms with E-state index < -0.39 is 5.79 Å². The van der Waals surface area contributed by atoms with Crippen molar-refractivity contribution >= 4 is 40.1 Å². The summed E-state index contributed by atoms with van der Waals surface area (Å²) in [5.41, 5.74) is 3.11. The molecular weight excluding hydrogens is 490 g/mol. The molecule has 196 valence electrons. The second kappa shape index (κ2) is 11.9. The molecule has 0 bridgehead atoms. The predicted molar refractivity (Wildman–Crippen MR) is 147 cm³/mol. The van der Waals surface area contributed by atoms with Gasteiger partial charge >= 0.3 is 0 Å². The van der Waals surface area contributed by atoms with E-state index >= 15 is 0 Å². The molecule has 10 heteroatoms. The van der Waals surface area contributed by atoms with Crippen LogP contribution in [0.25, 0.3) is 11.0 Å². The van der Waals surface area contributed by atoms with Crippen molar-refractivity contribution in [2.75, 3.05) is 17.7 Å². The summed E-state index contributed by atoms with van der Waals surface area (Å²) in [7, 11) is 1.90. The number of rotatable bonds is 7. The fourth-order valence-electron chi connectivity index (χ4n) is 4.61. The van der Waals surface area contributed by atoms with Gasteiger partial charge in [-0.25, -0.2) is 19.9 Å². The van der Waals surface area contributed by atoms with Gasteiger partial charge in [-0.05, 0) is 87.8 Å². The first-order valence-corrected chi connectivity index (χ1v) is 12.8. The van der Waals surface area contributed by atoms with Gasteiger partial charge < -0.3 is 25.4 Å². The van der Waals surface area contributed by atoms with E-state index in [2.05, 4.69) is 47.4 Å². The van der Waals surface area contributed by atoms with Crippen molar-refractivity contribution in [1.29, 1.82) is 0 Å². The minimum atomic E-state index is -1.50. The Bertz CT molecular complexity index is 1280. The van der Waals surface area contributed by atoms with Crippen molar-refractivity contribution in [2.24, 2.45) is 5.92 Å². The molecule has 37 heavy (non-hydrogen) atoms. The first kappa shape index (κ1) is 26.8. The van der Waals surface area contributed by atoms with E-state index in [9.17, 15) is 0 Å². The maximum absolute atomic E-state index is 8.08. The van der Waals surface area contributed by atoms with Gasteiger partial charge in [0, 0.05) is 42.4 Å². The van der Waals surface area contributed by atoms with Gasteiger partial charge in [-0.15, -0.1) is 0 Å². The molecule has 3 aromatic heterocycles. The Labute approximate surface area is 222 Å². The SMILES string of the molecule is CC(C)(O)O.CNc1ncnc2c1ccn2C1CCC(CCc2cnc(Nc3ccc(Cl)cc3)nc2)C1. The minimum absolute atomic E-state index is 0.499. The van der Waals surface area contributed by atoms with Gasteiger partial charge in [0.1, 0.15) is 17.8 Å². The fraction of sp³-hybridized carbons (Fsp3) is 0.407. The van der Waals surface area contributed by atoms with Crippen LogP contribution in [0.2, 0.25) is 5.02 Å². The average Bonchev–Trinajstić information content (AvgIpc) is 3.51. The van der Waals surface area contributed by atoms with Crippen LogP contribution < -0.4 is 10.6 Å². The van der Waals surface area contributed by atoms with E-state index in [-0.39, 0.29) is 0 Å². The molecule has 0 radical (unpaired) electrons. The van der Waals surface area contributed by atoms with Crippen LogP contribution in [0.4, 0.5) is 17.5 Å². The Morgan fingerprint density at radius 2 is 1.73 bits per heavy atom. The van der Waals surface area contributed by atoms with Crippen molar-refractivity contribution in [3.63, 3.8) is 0 Å². The molecular formula is C27H34ClN7O2. The number of anilines is 3. The number of nitrogens with zero attached hydrogens (tertiary/aromatic N) is 5. The summed E-state index contributed by atoms with van der Waals surface area (Å²) in [5, 5.41) is 24.3. The van der Waals surface area contributed by atoms with Crippen molar-refractivity contribution in [3.8, 4) is 0 Å². The van der Waals surface area contributed by atoms with Crippen molar-refractivity contribution in [1.82, 2.24) is 24.5 Å². The molecule has 2 unspecified atom stereocenters. The van der Waals surface area contributed by atoms with Gasteiger partial charge in [0.25, 0.3) is 0 Å². The summed E-state index contributed by atoms with van der Waals surface area (Å²) in [4.78, 5) is 17.8. The number of halogens is 1. The third kappa shape index (κ3) is 7.61. The molecule has 1 fully saturated rings. The molecule has 1 aliphatic carbocycles. The number of aromatic nitrogens is 5. The molecule has 0 spiro atoms. The molecule has 9 nitrogen and oxygen atoms in total. The summed E-state index contributed by atoms with van der Waals surface area (Å²) in [5.74, 6) is 0.687. The van der Waals surface area contributed by atoms with Gasteiger partial charge in [-0.3, -0.25) is 0 Å². The molecule has 2 atom stereocenters. The molecule has 0 aliphatic heterocycles. The molecule has 4 aromatic rings. The topological polar surface area (TPSA) is 121 Å². The smallest absolute Gasteiger partial charge is 0.227 e. The molecule has 1 aliphatic rings. The Morgan fingerprint density at radius 1 is 1.03 bits per heavy atom. The van der Waals surface area contributed by atoms with E-state index in [1.54, 1.807) is 6.33 Å². The molecule has 5 rings (SSSR count). The summed E-state index contributed by atoms with van der Waals surface area (Å²) in [6.07, 6.45) is 13.4. The number of fused-ring (bicyclic) bond motifs is 1. The Hall–Kier alpha value is -3.27.